The van der Waals surface area contributed by atoms with Crippen LogP contribution in [0.15, 0.2) is 6.33 Å². The van der Waals surface area contributed by atoms with E-state index in [0.717, 1.165) is 24.6 Å². The minimum Gasteiger partial charge on any atom is -0.367 e. The molecule has 2 atom stereocenters. The van der Waals surface area contributed by atoms with E-state index in [-0.39, 0.29) is 0 Å². The number of hydrogen-bond acceptors (Lipinski definition) is 3. The molecule has 0 spiro atoms. The molecule has 2 aliphatic rings. The van der Waals surface area contributed by atoms with Crippen molar-refractivity contribution in [3.63, 3.8) is 0 Å². The molecular weight excluding hydrogens is 234 g/mol. The molecule has 3 nitrogen and oxygen atoms in total. The lowest BCUT2D eigenvalue weighted by Crippen LogP contribution is -2.27. The first-order valence-electron chi connectivity index (χ1n) is 7.92. The largest absolute Gasteiger partial charge is 0.367 e. The van der Waals surface area contributed by atoms with Gasteiger partial charge in [0, 0.05) is 17.3 Å². The first kappa shape index (κ1) is 12.9. The fourth-order valence-electron chi connectivity index (χ4n) is 3.58. The van der Waals surface area contributed by atoms with Crippen LogP contribution in [-0.2, 0) is 12.8 Å². The molecule has 2 aliphatic carbocycles. The van der Waals surface area contributed by atoms with Crippen LogP contribution in [0.3, 0.4) is 0 Å². The normalized spacial score (nSPS) is 27.4. The Kier molecular flexibility index (Phi) is 4.00. The average molecular weight is 259 g/mol. The van der Waals surface area contributed by atoms with Crippen molar-refractivity contribution in [2.45, 2.75) is 70.8 Å². The van der Waals surface area contributed by atoms with E-state index < -0.39 is 0 Å². The van der Waals surface area contributed by atoms with Crippen molar-refractivity contribution in [1.29, 1.82) is 0 Å². The molecular formula is C16H25N3. The molecule has 1 fully saturated rings. The standard InChI is InChI=1S/C16H25N3/c1-12-6-5-7-13(10-12)19-16-14-8-3-2-4-9-15(14)17-11-18-16/h11-13H,2-10H2,1H3,(H,17,18,19). The highest BCUT2D eigenvalue weighted by Gasteiger charge is 2.21. The van der Waals surface area contributed by atoms with Gasteiger partial charge >= 0.3 is 0 Å². The predicted molar refractivity (Wildman–Crippen MR) is 78.3 cm³/mol. The number of fused-ring (bicyclic) bond motifs is 1. The second-order valence-corrected chi connectivity index (χ2v) is 6.32. The number of aromatic nitrogens is 2. The summed E-state index contributed by atoms with van der Waals surface area (Å²) < 4.78 is 0. The van der Waals surface area contributed by atoms with Crippen LogP contribution in [0.25, 0.3) is 0 Å². The Balaban J connectivity index is 1.77. The topological polar surface area (TPSA) is 37.8 Å². The van der Waals surface area contributed by atoms with Crippen molar-refractivity contribution < 1.29 is 0 Å². The van der Waals surface area contributed by atoms with Gasteiger partial charge in [-0.15, -0.1) is 0 Å². The summed E-state index contributed by atoms with van der Waals surface area (Å²) in [6.45, 7) is 2.37. The van der Waals surface area contributed by atoms with E-state index in [0.29, 0.717) is 6.04 Å². The molecule has 0 radical (unpaired) electrons. The fourth-order valence-corrected chi connectivity index (χ4v) is 3.58. The van der Waals surface area contributed by atoms with Gasteiger partial charge in [0.25, 0.3) is 0 Å². The highest BCUT2D eigenvalue weighted by atomic mass is 15.0. The summed E-state index contributed by atoms with van der Waals surface area (Å²) in [6, 6.07) is 0.617. The minimum atomic E-state index is 0.617. The lowest BCUT2D eigenvalue weighted by molar-refractivity contribution is 0.358. The average Bonchev–Trinajstić information content (AvgIpc) is 2.65. The fraction of sp³-hybridized carbons (Fsp3) is 0.750. The molecule has 1 aromatic heterocycles. The van der Waals surface area contributed by atoms with Gasteiger partial charge in [-0.2, -0.15) is 0 Å². The number of nitrogens with zero attached hydrogens (tertiary/aromatic N) is 2. The van der Waals surface area contributed by atoms with Crippen LogP contribution in [0.1, 0.15) is 63.1 Å². The van der Waals surface area contributed by atoms with Gasteiger partial charge in [-0.3, -0.25) is 0 Å². The monoisotopic (exact) mass is 259 g/mol. The number of aryl methyl sites for hydroxylation is 1. The van der Waals surface area contributed by atoms with Crippen LogP contribution in [0.4, 0.5) is 5.82 Å². The third-order valence-electron chi connectivity index (χ3n) is 4.65. The molecule has 3 rings (SSSR count). The molecule has 2 unspecified atom stereocenters. The van der Waals surface area contributed by atoms with E-state index in [1.165, 1.54) is 56.2 Å². The van der Waals surface area contributed by atoms with E-state index >= 15 is 0 Å². The van der Waals surface area contributed by atoms with Crippen LogP contribution in [0.2, 0.25) is 0 Å². The number of nitrogens with one attached hydrogen (secondary N) is 1. The van der Waals surface area contributed by atoms with Gasteiger partial charge in [-0.05, 0) is 44.4 Å². The predicted octanol–water partition coefficient (Wildman–Crippen LogP) is 3.74. The number of hydrogen-bond donors (Lipinski definition) is 1. The summed E-state index contributed by atoms with van der Waals surface area (Å²) in [4.78, 5) is 9.03. The zero-order valence-electron chi connectivity index (χ0n) is 12.0. The summed E-state index contributed by atoms with van der Waals surface area (Å²) in [5.74, 6) is 1.98. The summed E-state index contributed by atoms with van der Waals surface area (Å²) in [7, 11) is 0. The summed E-state index contributed by atoms with van der Waals surface area (Å²) in [5, 5.41) is 3.72. The summed E-state index contributed by atoms with van der Waals surface area (Å²) >= 11 is 0. The van der Waals surface area contributed by atoms with E-state index in [2.05, 4.69) is 22.2 Å². The maximum Gasteiger partial charge on any atom is 0.133 e. The molecule has 104 valence electrons. The molecule has 1 N–H and O–H groups in total. The van der Waals surface area contributed by atoms with Gasteiger partial charge in [-0.25, -0.2) is 9.97 Å². The number of anilines is 1. The van der Waals surface area contributed by atoms with E-state index in [1.54, 1.807) is 6.33 Å². The highest BCUT2D eigenvalue weighted by Crippen LogP contribution is 2.29. The van der Waals surface area contributed by atoms with E-state index in [4.69, 9.17) is 0 Å². The summed E-state index contributed by atoms with van der Waals surface area (Å²) in [6.07, 6.45) is 13.3. The Morgan fingerprint density at radius 1 is 1.05 bits per heavy atom. The molecule has 3 heteroatoms. The van der Waals surface area contributed by atoms with Crippen molar-refractivity contribution >= 4 is 5.82 Å². The van der Waals surface area contributed by atoms with E-state index in [9.17, 15) is 0 Å². The molecule has 1 aromatic rings. The smallest absolute Gasteiger partial charge is 0.133 e. The van der Waals surface area contributed by atoms with Crippen molar-refractivity contribution in [2.24, 2.45) is 5.92 Å². The maximum atomic E-state index is 4.53. The Morgan fingerprint density at radius 3 is 2.84 bits per heavy atom. The van der Waals surface area contributed by atoms with Gasteiger partial charge in [0.2, 0.25) is 0 Å². The first-order chi connectivity index (χ1) is 9.33. The van der Waals surface area contributed by atoms with Gasteiger partial charge in [-0.1, -0.05) is 26.2 Å². The quantitative estimate of drug-likeness (QED) is 0.822. The van der Waals surface area contributed by atoms with Crippen molar-refractivity contribution in [3.05, 3.63) is 17.6 Å². The Labute approximate surface area is 116 Å². The first-order valence-corrected chi connectivity index (χ1v) is 7.92. The molecule has 0 amide bonds. The maximum absolute atomic E-state index is 4.53. The molecule has 19 heavy (non-hydrogen) atoms. The molecule has 1 saturated carbocycles. The van der Waals surface area contributed by atoms with Crippen LogP contribution >= 0.6 is 0 Å². The zero-order valence-corrected chi connectivity index (χ0v) is 12.0. The minimum absolute atomic E-state index is 0.617. The van der Waals surface area contributed by atoms with Crippen LogP contribution in [-0.4, -0.2) is 16.0 Å². The molecule has 0 aliphatic heterocycles. The lowest BCUT2D eigenvalue weighted by atomic mass is 9.87. The highest BCUT2D eigenvalue weighted by molar-refractivity contribution is 5.47. The van der Waals surface area contributed by atoms with Gasteiger partial charge < -0.3 is 5.32 Å². The van der Waals surface area contributed by atoms with Crippen LogP contribution in [0, 0.1) is 5.92 Å². The second kappa shape index (κ2) is 5.89. The third-order valence-corrected chi connectivity index (χ3v) is 4.65. The second-order valence-electron chi connectivity index (χ2n) is 6.32. The Hall–Kier alpha value is -1.12. The summed E-state index contributed by atoms with van der Waals surface area (Å²) in [5.41, 5.74) is 2.69. The molecule has 1 heterocycles. The Morgan fingerprint density at radius 2 is 1.95 bits per heavy atom. The third kappa shape index (κ3) is 3.07. The lowest BCUT2D eigenvalue weighted by Gasteiger charge is -2.28. The van der Waals surface area contributed by atoms with E-state index in [1.807, 2.05) is 0 Å². The van der Waals surface area contributed by atoms with Crippen LogP contribution < -0.4 is 5.32 Å². The van der Waals surface area contributed by atoms with Gasteiger partial charge in [0.1, 0.15) is 12.1 Å². The molecule has 0 bridgehead atoms. The Bertz CT molecular complexity index is 430. The van der Waals surface area contributed by atoms with Crippen molar-refractivity contribution in [3.8, 4) is 0 Å². The van der Waals surface area contributed by atoms with Gasteiger partial charge in [0.05, 0.1) is 0 Å². The zero-order chi connectivity index (χ0) is 13.1. The van der Waals surface area contributed by atoms with Crippen molar-refractivity contribution in [2.75, 3.05) is 5.32 Å². The SMILES string of the molecule is CC1CCCC(Nc2ncnc3c2CCCCC3)C1. The van der Waals surface area contributed by atoms with Crippen LogP contribution in [0.5, 0.6) is 0 Å². The van der Waals surface area contributed by atoms with Gasteiger partial charge in [0.15, 0.2) is 0 Å². The van der Waals surface area contributed by atoms with Crippen molar-refractivity contribution in [1.82, 2.24) is 9.97 Å². The molecule has 0 saturated heterocycles. The number of rotatable bonds is 2. The molecule has 0 aromatic carbocycles.